The van der Waals surface area contributed by atoms with Gasteiger partial charge >= 0.3 is 6.03 Å². The number of primary amides is 1. The minimum Gasteiger partial charge on any atom is -0.368 e. The number of carbonyl (C=O) groups excluding carboxylic acids is 3. The molecule has 11 heteroatoms. The van der Waals surface area contributed by atoms with Crippen LogP contribution in [0.3, 0.4) is 0 Å². The molecule has 4 amide bonds. The van der Waals surface area contributed by atoms with Crippen LogP contribution in [0.15, 0.2) is 35.2 Å². The number of aliphatic hydroxyl groups is 1. The SMILES string of the molecule is CC(C)CC(C(N)=O)N1CCC(O)(NC(=O)NS(=O)(=O)c2ccccc2)C1=O. The molecule has 0 aliphatic carbocycles. The molecular formula is C17H24N4O6S. The molecule has 1 aliphatic heterocycles. The summed E-state index contributed by atoms with van der Waals surface area (Å²) in [6.45, 7) is 3.69. The van der Waals surface area contributed by atoms with Crippen molar-refractivity contribution in [3.8, 4) is 0 Å². The first-order valence-corrected chi connectivity index (χ1v) is 10.2. The van der Waals surface area contributed by atoms with Crippen LogP contribution in [0.4, 0.5) is 4.79 Å². The molecule has 1 fully saturated rings. The summed E-state index contributed by atoms with van der Waals surface area (Å²) in [5.74, 6) is -1.57. The molecule has 0 bridgehead atoms. The second-order valence-electron chi connectivity index (χ2n) is 7.03. The number of hydrogen-bond acceptors (Lipinski definition) is 6. The zero-order valence-electron chi connectivity index (χ0n) is 15.6. The van der Waals surface area contributed by atoms with Crippen LogP contribution in [0.1, 0.15) is 26.7 Å². The lowest BCUT2D eigenvalue weighted by Crippen LogP contribution is -2.59. The van der Waals surface area contributed by atoms with Gasteiger partial charge in [-0.25, -0.2) is 17.9 Å². The lowest BCUT2D eigenvalue weighted by molar-refractivity contribution is -0.149. The van der Waals surface area contributed by atoms with Crippen LogP contribution >= 0.6 is 0 Å². The van der Waals surface area contributed by atoms with Crippen molar-refractivity contribution in [1.29, 1.82) is 0 Å². The summed E-state index contributed by atoms with van der Waals surface area (Å²) in [5, 5.41) is 12.5. The number of benzene rings is 1. The number of carbonyl (C=O) groups is 3. The van der Waals surface area contributed by atoms with Crippen LogP contribution in [0.2, 0.25) is 0 Å². The molecule has 1 aromatic carbocycles. The van der Waals surface area contributed by atoms with E-state index in [1.165, 1.54) is 24.3 Å². The minimum absolute atomic E-state index is 0.0125. The molecule has 10 nitrogen and oxygen atoms in total. The normalized spacial score (nSPS) is 20.9. The molecule has 1 heterocycles. The van der Waals surface area contributed by atoms with Gasteiger partial charge in [0.25, 0.3) is 15.9 Å². The standard InChI is InChI=1S/C17H24N4O6S/c1-11(2)10-13(14(18)22)21-9-8-17(25,15(21)23)19-16(24)20-28(26,27)12-6-4-3-5-7-12/h3-7,11,13,25H,8-10H2,1-2H3,(H2,18,22)(H2,19,20,24). The molecule has 5 N–H and O–H groups in total. The van der Waals surface area contributed by atoms with Crippen molar-refractivity contribution in [2.75, 3.05) is 6.54 Å². The van der Waals surface area contributed by atoms with Gasteiger partial charge in [0.2, 0.25) is 11.6 Å². The van der Waals surface area contributed by atoms with Crippen molar-refractivity contribution in [3.05, 3.63) is 30.3 Å². The Hall–Kier alpha value is -2.66. The van der Waals surface area contributed by atoms with Crippen LogP contribution in [-0.2, 0) is 19.6 Å². The van der Waals surface area contributed by atoms with E-state index in [1.54, 1.807) is 10.8 Å². The largest absolute Gasteiger partial charge is 0.368 e. The van der Waals surface area contributed by atoms with Crippen LogP contribution in [0.25, 0.3) is 0 Å². The third-order valence-electron chi connectivity index (χ3n) is 4.33. The Balaban J connectivity index is 2.10. The number of nitrogens with one attached hydrogen (secondary N) is 2. The van der Waals surface area contributed by atoms with Gasteiger partial charge in [-0.15, -0.1) is 0 Å². The van der Waals surface area contributed by atoms with Crippen molar-refractivity contribution in [2.45, 2.75) is 43.4 Å². The number of likely N-dealkylation sites (tertiary alicyclic amines) is 1. The van der Waals surface area contributed by atoms with E-state index in [-0.39, 0.29) is 23.8 Å². The highest BCUT2D eigenvalue weighted by molar-refractivity contribution is 7.90. The van der Waals surface area contributed by atoms with Gasteiger partial charge in [0, 0.05) is 13.0 Å². The highest BCUT2D eigenvalue weighted by atomic mass is 32.2. The average Bonchev–Trinajstić information content (AvgIpc) is 2.87. The number of hydrogen-bond donors (Lipinski definition) is 4. The Bertz CT molecular complexity index is 858. The maximum absolute atomic E-state index is 12.6. The average molecular weight is 412 g/mol. The summed E-state index contributed by atoms with van der Waals surface area (Å²) in [6.07, 6.45) is 0.0816. The predicted octanol–water partition coefficient (Wildman–Crippen LogP) is -0.505. The number of rotatable bonds is 7. The smallest absolute Gasteiger partial charge is 0.331 e. The number of urea groups is 1. The Morgan fingerprint density at radius 2 is 1.89 bits per heavy atom. The summed E-state index contributed by atoms with van der Waals surface area (Å²) >= 11 is 0. The van der Waals surface area contributed by atoms with Crippen molar-refractivity contribution < 1.29 is 27.9 Å². The number of nitrogens with two attached hydrogens (primary N) is 1. The number of nitrogens with zero attached hydrogens (tertiary/aromatic N) is 1. The van der Waals surface area contributed by atoms with Gasteiger partial charge in [0.1, 0.15) is 6.04 Å². The first-order chi connectivity index (χ1) is 13.0. The second kappa shape index (κ2) is 8.15. The van der Waals surface area contributed by atoms with E-state index < -0.39 is 39.6 Å². The Morgan fingerprint density at radius 1 is 1.29 bits per heavy atom. The molecule has 2 unspecified atom stereocenters. The molecule has 0 spiro atoms. The molecule has 0 radical (unpaired) electrons. The first kappa shape index (κ1) is 21.6. The molecule has 1 aromatic rings. The summed E-state index contributed by atoms with van der Waals surface area (Å²) in [6, 6.07) is 4.96. The zero-order chi connectivity index (χ0) is 21.1. The third-order valence-corrected chi connectivity index (χ3v) is 5.68. The van der Waals surface area contributed by atoms with Crippen LogP contribution in [0, 0.1) is 5.92 Å². The molecule has 0 saturated carbocycles. The van der Waals surface area contributed by atoms with E-state index in [0.29, 0.717) is 6.42 Å². The van der Waals surface area contributed by atoms with Gasteiger partial charge < -0.3 is 21.1 Å². The first-order valence-electron chi connectivity index (χ1n) is 8.69. The van der Waals surface area contributed by atoms with Crippen molar-refractivity contribution in [2.24, 2.45) is 11.7 Å². The molecule has 1 aliphatic rings. The van der Waals surface area contributed by atoms with Gasteiger partial charge in [-0.05, 0) is 24.5 Å². The van der Waals surface area contributed by atoms with E-state index in [9.17, 15) is 27.9 Å². The second-order valence-corrected chi connectivity index (χ2v) is 8.71. The predicted molar refractivity (Wildman–Crippen MR) is 99.0 cm³/mol. The highest BCUT2D eigenvalue weighted by Gasteiger charge is 2.50. The maximum Gasteiger partial charge on any atom is 0.331 e. The van der Waals surface area contributed by atoms with Crippen molar-refractivity contribution >= 4 is 27.9 Å². The summed E-state index contributed by atoms with van der Waals surface area (Å²) in [7, 11) is -4.18. The summed E-state index contributed by atoms with van der Waals surface area (Å²) < 4.78 is 26.1. The van der Waals surface area contributed by atoms with E-state index in [4.69, 9.17) is 5.73 Å². The van der Waals surface area contributed by atoms with Crippen LogP contribution in [-0.4, -0.2) is 54.6 Å². The van der Waals surface area contributed by atoms with E-state index in [1.807, 2.05) is 19.2 Å². The van der Waals surface area contributed by atoms with Gasteiger partial charge in [0.05, 0.1) is 4.90 Å². The van der Waals surface area contributed by atoms with Gasteiger partial charge in [0.15, 0.2) is 0 Å². The molecule has 154 valence electrons. The zero-order valence-corrected chi connectivity index (χ0v) is 16.4. The summed E-state index contributed by atoms with van der Waals surface area (Å²) in [4.78, 5) is 37.4. The number of amides is 4. The lowest BCUT2D eigenvalue weighted by atomic mass is 10.0. The van der Waals surface area contributed by atoms with Gasteiger partial charge in [-0.3, -0.25) is 9.59 Å². The molecule has 0 aromatic heterocycles. The minimum atomic E-state index is -4.18. The fourth-order valence-electron chi connectivity index (χ4n) is 2.98. The third kappa shape index (κ3) is 4.78. The van der Waals surface area contributed by atoms with Gasteiger partial charge in [-0.2, -0.15) is 0 Å². The topological polar surface area (TPSA) is 159 Å². The highest BCUT2D eigenvalue weighted by Crippen LogP contribution is 2.25. The Morgan fingerprint density at radius 3 is 2.43 bits per heavy atom. The number of sulfonamides is 1. The lowest BCUT2D eigenvalue weighted by Gasteiger charge is -2.28. The Labute approximate surface area is 163 Å². The molecule has 1 saturated heterocycles. The maximum atomic E-state index is 12.6. The van der Waals surface area contributed by atoms with Crippen molar-refractivity contribution in [3.63, 3.8) is 0 Å². The van der Waals surface area contributed by atoms with Gasteiger partial charge in [-0.1, -0.05) is 32.0 Å². The fourth-order valence-corrected chi connectivity index (χ4v) is 3.91. The van der Waals surface area contributed by atoms with Crippen molar-refractivity contribution in [1.82, 2.24) is 14.9 Å². The van der Waals surface area contributed by atoms with Crippen LogP contribution in [0.5, 0.6) is 0 Å². The molecule has 2 rings (SSSR count). The van der Waals surface area contributed by atoms with Crippen LogP contribution < -0.4 is 15.8 Å². The molecular weight excluding hydrogens is 388 g/mol. The fraction of sp³-hybridized carbons (Fsp3) is 0.471. The van der Waals surface area contributed by atoms with E-state index in [0.717, 1.165) is 4.90 Å². The Kier molecular flexibility index (Phi) is 6.30. The van der Waals surface area contributed by atoms with E-state index >= 15 is 0 Å². The molecule has 2 atom stereocenters. The molecule has 28 heavy (non-hydrogen) atoms. The quantitative estimate of drug-likeness (QED) is 0.442. The summed E-state index contributed by atoms with van der Waals surface area (Å²) in [5.41, 5.74) is 3.04. The monoisotopic (exact) mass is 412 g/mol. The van der Waals surface area contributed by atoms with E-state index in [2.05, 4.69) is 0 Å².